The molecule has 0 radical (unpaired) electrons. The number of anilines is 1. The van der Waals surface area contributed by atoms with E-state index < -0.39 is 0 Å². The summed E-state index contributed by atoms with van der Waals surface area (Å²) in [7, 11) is 0. The molecule has 0 spiro atoms. The molecule has 0 aliphatic carbocycles. The van der Waals surface area contributed by atoms with Gasteiger partial charge in [-0.3, -0.25) is 9.78 Å². The monoisotopic (exact) mass is 269 g/mol. The van der Waals surface area contributed by atoms with Crippen LogP contribution in [-0.2, 0) is 11.3 Å². The lowest BCUT2D eigenvalue weighted by Crippen LogP contribution is -2.18. The van der Waals surface area contributed by atoms with E-state index in [0.717, 1.165) is 17.8 Å². The fourth-order valence-corrected chi connectivity index (χ4v) is 1.98. The van der Waals surface area contributed by atoms with E-state index in [1.165, 1.54) is 12.5 Å². The molecule has 1 aromatic heterocycles. The smallest absolute Gasteiger partial charge is 0.221 e. The van der Waals surface area contributed by atoms with E-state index in [0.29, 0.717) is 0 Å². The van der Waals surface area contributed by atoms with Crippen LogP contribution in [0.3, 0.4) is 0 Å². The molecule has 4 heteroatoms. The second kappa shape index (κ2) is 6.82. The van der Waals surface area contributed by atoms with E-state index in [4.69, 9.17) is 0 Å². The van der Waals surface area contributed by atoms with E-state index in [9.17, 15) is 4.79 Å². The van der Waals surface area contributed by atoms with Crippen molar-refractivity contribution in [3.63, 3.8) is 0 Å². The normalized spacial score (nSPS) is 11.9. The molecule has 4 nitrogen and oxygen atoms in total. The summed E-state index contributed by atoms with van der Waals surface area (Å²) in [5.41, 5.74) is 3.17. The van der Waals surface area contributed by atoms with E-state index in [2.05, 4.69) is 28.6 Å². The van der Waals surface area contributed by atoms with Gasteiger partial charge in [-0.15, -0.1) is 0 Å². The number of nitrogens with zero attached hydrogens (tertiary/aromatic N) is 1. The van der Waals surface area contributed by atoms with Crippen LogP contribution in [0.1, 0.15) is 31.0 Å². The predicted octanol–water partition coefficient (Wildman–Crippen LogP) is 2.89. The minimum atomic E-state index is -0.0560. The van der Waals surface area contributed by atoms with Gasteiger partial charge in [-0.25, -0.2) is 0 Å². The molecule has 2 aromatic rings. The second-order valence-corrected chi connectivity index (χ2v) is 4.76. The van der Waals surface area contributed by atoms with Crippen LogP contribution in [0.15, 0.2) is 48.8 Å². The summed E-state index contributed by atoms with van der Waals surface area (Å²) in [6.45, 7) is 4.40. The molecule has 0 aliphatic heterocycles. The molecule has 0 saturated heterocycles. The molecule has 0 fully saturated rings. The van der Waals surface area contributed by atoms with Crippen molar-refractivity contribution in [2.24, 2.45) is 0 Å². The Morgan fingerprint density at radius 3 is 2.70 bits per heavy atom. The van der Waals surface area contributed by atoms with Crippen LogP contribution >= 0.6 is 0 Å². The number of aromatic nitrogens is 1. The van der Waals surface area contributed by atoms with Gasteiger partial charge in [0.2, 0.25) is 5.91 Å². The zero-order valence-corrected chi connectivity index (χ0v) is 11.8. The van der Waals surface area contributed by atoms with Crippen LogP contribution in [-0.4, -0.2) is 10.9 Å². The molecular formula is C16H19N3O. The van der Waals surface area contributed by atoms with Gasteiger partial charge < -0.3 is 10.6 Å². The third-order valence-electron chi connectivity index (χ3n) is 3.07. The summed E-state index contributed by atoms with van der Waals surface area (Å²) in [4.78, 5) is 15.1. The molecule has 0 bridgehead atoms. The number of carbonyl (C=O) groups is 1. The molecule has 1 unspecified atom stereocenters. The van der Waals surface area contributed by atoms with Crippen LogP contribution in [0, 0.1) is 0 Å². The van der Waals surface area contributed by atoms with Gasteiger partial charge in [0.05, 0.1) is 0 Å². The molecule has 0 saturated carbocycles. The van der Waals surface area contributed by atoms with Crippen molar-refractivity contribution in [2.75, 3.05) is 5.32 Å². The SMILES string of the molecule is CC(=O)Nc1cccc(C(C)NCc2ccncc2)c1. The topological polar surface area (TPSA) is 54.0 Å². The van der Waals surface area contributed by atoms with Gasteiger partial charge in [0.1, 0.15) is 0 Å². The average molecular weight is 269 g/mol. The van der Waals surface area contributed by atoms with Crippen molar-refractivity contribution in [3.8, 4) is 0 Å². The summed E-state index contributed by atoms with van der Waals surface area (Å²) < 4.78 is 0. The van der Waals surface area contributed by atoms with E-state index >= 15 is 0 Å². The summed E-state index contributed by atoms with van der Waals surface area (Å²) in [6, 6.07) is 12.1. The van der Waals surface area contributed by atoms with Gasteiger partial charge in [0.15, 0.2) is 0 Å². The highest BCUT2D eigenvalue weighted by atomic mass is 16.1. The van der Waals surface area contributed by atoms with Crippen molar-refractivity contribution in [1.82, 2.24) is 10.3 Å². The maximum Gasteiger partial charge on any atom is 0.221 e. The second-order valence-electron chi connectivity index (χ2n) is 4.76. The first kappa shape index (κ1) is 14.2. The third kappa shape index (κ3) is 4.17. The fraction of sp³-hybridized carbons (Fsp3) is 0.250. The molecule has 1 aromatic carbocycles. The lowest BCUT2D eigenvalue weighted by molar-refractivity contribution is -0.114. The number of pyridine rings is 1. The highest BCUT2D eigenvalue weighted by Gasteiger charge is 2.06. The Labute approximate surface area is 119 Å². The Morgan fingerprint density at radius 1 is 1.25 bits per heavy atom. The molecule has 20 heavy (non-hydrogen) atoms. The van der Waals surface area contributed by atoms with Gasteiger partial charge in [-0.1, -0.05) is 12.1 Å². The highest BCUT2D eigenvalue weighted by Crippen LogP contribution is 2.17. The summed E-state index contributed by atoms with van der Waals surface area (Å²) in [5.74, 6) is -0.0560. The number of hydrogen-bond donors (Lipinski definition) is 2. The zero-order chi connectivity index (χ0) is 14.4. The number of amides is 1. The quantitative estimate of drug-likeness (QED) is 0.877. The van der Waals surface area contributed by atoms with E-state index in [1.807, 2.05) is 30.3 Å². The largest absolute Gasteiger partial charge is 0.326 e. The minimum Gasteiger partial charge on any atom is -0.326 e. The lowest BCUT2D eigenvalue weighted by atomic mass is 10.1. The minimum absolute atomic E-state index is 0.0560. The number of hydrogen-bond acceptors (Lipinski definition) is 3. The van der Waals surface area contributed by atoms with E-state index in [-0.39, 0.29) is 11.9 Å². The van der Waals surface area contributed by atoms with Crippen molar-refractivity contribution in [3.05, 3.63) is 59.9 Å². The summed E-state index contributed by atoms with van der Waals surface area (Å²) >= 11 is 0. The molecule has 1 heterocycles. The number of benzene rings is 1. The lowest BCUT2D eigenvalue weighted by Gasteiger charge is -2.15. The van der Waals surface area contributed by atoms with Crippen LogP contribution in [0.5, 0.6) is 0 Å². The predicted molar refractivity (Wildman–Crippen MR) is 80.2 cm³/mol. The molecule has 2 N–H and O–H groups in total. The van der Waals surface area contributed by atoms with Crippen molar-refractivity contribution >= 4 is 11.6 Å². The first-order valence-electron chi connectivity index (χ1n) is 6.65. The fourth-order valence-electron chi connectivity index (χ4n) is 1.98. The van der Waals surface area contributed by atoms with Crippen LogP contribution < -0.4 is 10.6 Å². The molecule has 104 valence electrons. The van der Waals surface area contributed by atoms with Gasteiger partial charge in [0.25, 0.3) is 0 Å². The Hall–Kier alpha value is -2.20. The first-order valence-corrected chi connectivity index (χ1v) is 6.65. The number of carbonyl (C=O) groups excluding carboxylic acids is 1. The first-order chi connectivity index (χ1) is 9.65. The Balaban J connectivity index is 1.98. The van der Waals surface area contributed by atoms with Gasteiger partial charge in [-0.2, -0.15) is 0 Å². The van der Waals surface area contributed by atoms with Crippen molar-refractivity contribution in [2.45, 2.75) is 26.4 Å². The van der Waals surface area contributed by atoms with Crippen LogP contribution in [0.4, 0.5) is 5.69 Å². The van der Waals surface area contributed by atoms with Crippen molar-refractivity contribution in [1.29, 1.82) is 0 Å². The maximum absolute atomic E-state index is 11.1. The molecule has 1 amide bonds. The molecule has 1 atom stereocenters. The highest BCUT2D eigenvalue weighted by molar-refractivity contribution is 5.88. The summed E-state index contributed by atoms with van der Waals surface area (Å²) in [5, 5.41) is 6.25. The molecular weight excluding hydrogens is 250 g/mol. The Bertz CT molecular complexity index is 569. The van der Waals surface area contributed by atoms with Gasteiger partial charge in [0, 0.05) is 37.6 Å². The third-order valence-corrected chi connectivity index (χ3v) is 3.07. The zero-order valence-electron chi connectivity index (χ0n) is 11.8. The number of nitrogens with one attached hydrogen (secondary N) is 2. The van der Waals surface area contributed by atoms with Crippen LogP contribution in [0.25, 0.3) is 0 Å². The molecule has 2 rings (SSSR count). The summed E-state index contributed by atoms with van der Waals surface area (Å²) in [6.07, 6.45) is 3.58. The van der Waals surface area contributed by atoms with Gasteiger partial charge in [-0.05, 0) is 42.3 Å². The standard InChI is InChI=1S/C16H19N3O/c1-12(18-11-14-6-8-17-9-7-14)15-4-3-5-16(10-15)19-13(2)20/h3-10,12,18H,11H2,1-2H3,(H,19,20). The maximum atomic E-state index is 11.1. The number of rotatable bonds is 5. The average Bonchev–Trinajstić information content (AvgIpc) is 2.45. The van der Waals surface area contributed by atoms with Crippen molar-refractivity contribution < 1.29 is 4.79 Å². The Morgan fingerprint density at radius 2 is 2.00 bits per heavy atom. The van der Waals surface area contributed by atoms with E-state index in [1.54, 1.807) is 12.4 Å². The Kier molecular flexibility index (Phi) is 4.85. The molecule has 0 aliphatic rings. The van der Waals surface area contributed by atoms with Gasteiger partial charge >= 0.3 is 0 Å². The van der Waals surface area contributed by atoms with Crippen LogP contribution in [0.2, 0.25) is 0 Å².